The van der Waals surface area contributed by atoms with Crippen molar-refractivity contribution in [2.75, 3.05) is 0 Å². The maximum Gasteiger partial charge on any atom is 0.488 e. The van der Waals surface area contributed by atoms with Gasteiger partial charge in [-0.3, -0.25) is 0 Å². The topological polar surface area (TPSA) is 66.8 Å². The number of hydrogen-bond acceptors (Lipinski definition) is 4. The van der Waals surface area contributed by atoms with Gasteiger partial charge in [0.15, 0.2) is 0 Å². The zero-order chi connectivity index (χ0) is 14.3. The average molecular weight is 252 g/mol. The van der Waals surface area contributed by atoms with Crippen LogP contribution in [-0.4, -0.2) is 28.7 Å². The van der Waals surface area contributed by atoms with Crippen LogP contribution in [0.2, 0.25) is 0 Å². The first-order valence-electron chi connectivity index (χ1n) is 5.99. The summed E-state index contributed by atoms with van der Waals surface area (Å²) in [4.78, 5) is 11.6. The van der Waals surface area contributed by atoms with Crippen molar-refractivity contribution in [3.05, 3.63) is 29.8 Å². The lowest BCUT2D eigenvalue weighted by molar-refractivity contribution is 0.00696. The molecule has 0 aliphatic rings. The van der Waals surface area contributed by atoms with E-state index in [1.807, 2.05) is 13.8 Å². The standard InChI is InChI=1S/C11H15BO4.C2H6/c1-11(2,3)16-10(13)8-5-4-6-9(7-8)12(14)15;1-2/h4-7,14-15H,1-3H3;1-2H3. The molecule has 5 heteroatoms. The summed E-state index contributed by atoms with van der Waals surface area (Å²) in [6.07, 6.45) is 0. The summed E-state index contributed by atoms with van der Waals surface area (Å²) >= 11 is 0. The molecule has 0 fully saturated rings. The van der Waals surface area contributed by atoms with Gasteiger partial charge in [-0.05, 0) is 38.4 Å². The van der Waals surface area contributed by atoms with E-state index in [-0.39, 0.29) is 5.46 Å². The number of benzene rings is 1. The quantitative estimate of drug-likeness (QED) is 0.615. The molecule has 0 saturated heterocycles. The third kappa shape index (κ3) is 5.84. The van der Waals surface area contributed by atoms with Crippen molar-refractivity contribution in [3.63, 3.8) is 0 Å². The normalized spacial score (nSPS) is 10.2. The SMILES string of the molecule is CC.CC(C)(C)OC(=O)c1cccc(B(O)O)c1. The van der Waals surface area contributed by atoms with Gasteiger partial charge in [0, 0.05) is 0 Å². The van der Waals surface area contributed by atoms with E-state index in [4.69, 9.17) is 14.8 Å². The van der Waals surface area contributed by atoms with Crippen LogP contribution in [0.25, 0.3) is 0 Å². The minimum absolute atomic E-state index is 0.267. The molecule has 0 atom stereocenters. The second-order valence-electron chi connectivity index (χ2n) is 4.50. The van der Waals surface area contributed by atoms with E-state index in [0.29, 0.717) is 5.56 Å². The maximum atomic E-state index is 11.6. The lowest BCUT2D eigenvalue weighted by atomic mass is 9.80. The fourth-order valence-corrected chi connectivity index (χ4v) is 1.16. The Bertz CT molecular complexity index is 383. The van der Waals surface area contributed by atoms with Crippen molar-refractivity contribution in [2.45, 2.75) is 40.2 Å². The molecule has 0 aliphatic heterocycles. The summed E-state index contributed by atoms with van der Waals surface area (Å²) < 4.78 is 5.16. The Morgan fingerprint density at radius 2 is 1.78 bits per heavy atom. The molecule has 1 aromatic carbocycles. The lowest BCUT2D eigenvalue weighted by Crippen LogP contribution is -2.31. The zero-order valence-electron chi connectivity index (χ0n) is 11.6. The highest BCUT2D eigenvalue weighted by atomic mass is 16.6. The summed E-state index contributed by atoms with van der Waals surface area (Å²) in [5, 5.41) is 17.9. The Kier molecular flexibility index (Phi) is 6.66. The maximum absolute atomic E-state index is 11.6. The van der Waals surface area contributed by atoms with Gasteiger partial charge in [0.25, 0.3) is 0 Å². The van der Waals surface area contributed by atoms with Crippen LogP contribution >= 0.6 is 0 Å². The monoisotopic (exact) mass is 252 g/mol. The molecule has 4 nitrogen and oxygen atoms in total. The molecule has 0 unspecified atom stereocenters. The van der Waals surface area contributed by atoms with E-state index in [9.17, 15) is 4.79 Å². The molecule has 18 heavy (non-hydrogen) atoms. The summed E-state index contributed by atoms with van der Waals surface area (Å²) in [5.74, 6) is -0.477. The zero-order valence-corrected chi connectivity index (χ0v) is 11.6. The highest BCUT2D eigenvalue weighted by Crippen LogP contribution is 2.11. The highest BCUT2D eigenvalue weighted by Gasteiger charge is 2.19. The van der Waals surface area contributed by atoms with E-state index in [1.165, 1.54) is 12.1 Å². The van der Waals surface area contributed by atoms with Crippen LogP contribution in [0.4, 0.5) is 0 Å². The molecule has 0 amide bonds. The number of esters is 1. The van der Waals surface area contributed by atoms with Crippen molar-refractivity contribution in [1.29, 1.82) is 0 Å². The third-order valence-corrected chi connectivity index (χ3v) is 1.82. The van der Waals surface area contributed by atoms with Crippen molar-refractivity contribution in [1.82, 2.24) is 0 Å². The van der Waals surface area contributed by atoms with Crippen molar-refractivity contribution >= 4 is 18.6 Å². The van der Waals surface area contributed by atoms with Crippen LogP contribution in [0.15, 0.2) is 24.3 Å². The Hall–Kier alpha value is -1.33. The van der Waals surface area contributed by atoms with Gasteiger partial charge in [0.2, 0.25) is 0 Å². The minimum Gasteiger partial charge on any atom is -0.456 e. The fourth-order valence-electron chi connectivity index (χ4n) is 1.16. The molecule has 0 heterocycles. The van der Waals surface area contributed by atoms with Gasteiger partial charge >= 0.3 is 13.1 Å². The largest absolute Gasteiger partial charge is 0.488 e. The molecule has 0 spiro atoms. The molecule has 0 aromatic heterocycles. The molecule has 1 rings (SSSR count). The van der Waals surface area contributed by atoms with Gasteiger partial charge in [0.05, 0.1) is 5.56 Å². The Labute approximate surface area is 109 Å². The fraction of sp³-hybridized carbons (Fsp3) is 0.462. The molecule has 0 bridgehead atoms. The van der Waals surface area contributed by atoms with E-state index in [1.54, 1.807) is 32.9 Å². The van der Waals surface area contributed by atoms with Crippen LogP contribution in [0.1, 0.15) is 45.0 Å². The van der Waals surface area contributed by atoms with Gasteiger partial charge in [-0.2, -0.15) is 0 Å². The van der Waals surface area contributed by atoms with Crippen LogP contribution in [-0.2, 0) is 4.74 Å². The van der Waals surface area contributed by atoms with Crippen molar-refractivity contribution in [3.8, 4) is 0 Å². The molecule has 0 radical (unpaired) electrons. The molecular weight excluding hydrogens is 231 g/mol. The van der Waals surface area contributed by atoms with Crippen LogP contribution < -0.4 is 5.46 Å². The van der Waals surface area contributed by atoms with Gasteiger partial charge < -0.3 is 14.8 Å². The molecule has 0 aliphatic carbocycles. The first-order chi connectivity index (χ1) is 8.29. The second-order valence-corrected chi connectivity index (χ2v) is 4.50. The number of carbonyl (C=O) groups is 1. The predicted molar refractivity (Wildman–Crippen MR) is 72.8 cm³/mol. The number of rotatable bonds is 2. The predicted octanol–water partition coefficient (Wildman–Crippen LogP) is 1.35. The van der Waals surface area contributed by atoms with E-state index < -0.39 is 18.7 Å². The Morgan fingerprint density at radius 1 is 1.22 bits per heavy atom. The number of carbonyl (C=O) groups excluding carboxylic acids is 1. The minimum atomic E-state index is -1.58. The van der Waals surface area contributed by atoms with Gasteiger partial charge in [-0.1, -0.05) is 26.0 Å². The summed E-state index contributed by atoms with van der Waals surface area (Å²) in [6.45, 7) is 9.32. The number of ether oxygens (including phenoxy) is 1. The summed E-state index contributed by atoms with van der Waals surface area (Å²) in [6, 6.07) is 6.07. The Morgan fingerprint density at radius 3 is 2.22 bits per heavy atom. The summed E-state index contributed by atoms with van der Waals surface area (Å²) in [7, 11) is -1.58. The Balaban J connectivity index is 0.00000137. The van der Waals surface area contributed by atoms with E-state index in [2.05, 4.69) is 0 Å². The van der Waals surface area contributed by atoms with Crippen molar-refractivity contribution < 1.29 is 19.6 Å². The molecule has 2 N–H and O–H groups in total. The van der Waals surface area contributed by atoms with Crippen LogP contribution in [0, 0.1) is 0 Å². The van der Waals surface area contributed by atoms with Gasteiger partial charge in [-0.25, -0.2) is 4.79 Å². The molecule has 1 aromatic rings. The van der Waals surface area contributed by atoms with Crippen LogP contribution in [0.5, 0.6) is 0 Å². The smallest absolute Gasteiger partial charge is 0.456 e. The van der Waals surface area contributed by atoms with E-state index in [0.717, 1.165) is 0 Å². The van der Waals surface area contributed by atoms with Gasteiger partial charge in [-0.15, -0.1) is 0 Å². The van der Waals surface area contributed by atoms with Crippen LogP contribution in [0.3, 0.4) is 0 Å². The third-order valence-electron chi connectivity index (χ3n) is 1.82. The average Bonchev–Trinajstić information content (AvgIpc) is 2.29. The number of hydrogen-bond donors (Lipinski definition) is 2. The van der Waals surface area contributed by atoms with Crippen molar-refractivity contribution in [2.24, 2.45) is 0 Å². The highest BCUT2D eigenvalue weighted by molar-refractivity contribution is 6.58. The molecule has 0 saturated carbocycles. The molecule has 100 valence electrons. The second kappa shape index (κ2) is 7.19. The lowest BCUT2D eigenvalue weighted by Gasteiger charge is -2.19. The van der Waals surface area contributed by atoms with Gasteiger partial charge in [0.1, 0.15) is 5.60 Å². The van der Waals surface area contributed by atoms with E-state index >= 15 is 0 Å². The first kappa shape index (κ1) is 16.7. The summed E-state index contributed by atoms with van der Waals surface area (Å²) in [5.41, 5.74) is 0.00848. The molecular formula is C13H21BO4. The first-order valence-corrected chi connectivity index (χ1v) is 5.99.